The number of methoxy groups -OCH3 is 1. The van der Waals surface area contributed by atoms with Gasteiger partial charge in [-0.2, -0.15) is 13.2 Å². The lowest BCUT2D eigenvalue weighted by Gasteiger charge is -2.36. The summed E-state index contributed by atoms with van der Waals surface area (Å²) in [7, 11) is 1.12. The molecule has 2 aromatic heterocycles. The molecule has 0 bridgehead atoms. The Bertz CT molecular complexity index is 1320. The number of amidine groups is 1. The predicted octanol–water partition coefficient (Wildman–Crippen LogP) is 5.35. The van der Waals surface area contributed by atoms with Crippen LogP contribution in [0.15, 0.2) is 46.4 Å². The number of allylic oxidation sites excluding steroid dienone is 1. The summed E-state index contributed by atoms with van der Waals surface area (Å²) in [6.07, 6.45) is 0.905. The standard InChI is InChI=1S/C27H32F4N6O3S/c1-4-17-6-8-32-24(37-12-10-36(11-13-37)9-7-21(38)40-5-2)22(28)23(17)35-26-34-20(16-41-26)18-14-19(27(29,30)31)25(39-3)33-15-18/h6,8,14-17H,4-5,7,9-13H2,1-3H3,(H,34,35). The van der Waals surface area contributed by atoms with Gasteiger partial charge in [0.25, 0.3) is 0 Å². The second-order valence-corrected chi connectivity index (χ2v) is 10.2. The Hall–Kier alpha value is -3.52. The summed E-state index contributed by atoms with van der Waals surface area (Å²) in [6.45, 7) is 6.95. The van der Waals surface area contributed by atoms with Gasteiger partial charge in [-0.3, -0.25) is 9.69 Å². The fourth-order valence-corrected chi connectivity index (χ4v) is 5.30. The van der Waals surface area contributed by atoms with Crippen LogP contribution >= 0.6 is 11.3 Å². The number of pyridine rings is 1. The first-order chi connectivity index (χ1) is 19.6. The van der Waals surface area contributed by atoms with E-state index >= 15 is 4.39 Å². The second kappa shape index (κ2) is 13.4. The summed E-state index contributed by atoms with van der Waals surface area (Å²) in [5, 5.41) is 4.99. The highest BCUT2D eigenvalue weighted by atomic mass is 32.1. The SMILES string of the molecule is CCOC(=O)CCN1CCN(C2=NC=CC(CC)C(Nc3nc(-c4cnc(OC)c(C(F)(F)F)c4)cs3)=C2F)CC1. The van der Waals surface area contributed by atoms with E-state index in [1.54, 1.807) is 18.5 Å². The molecular formula is C27H32F4N6O3S. The number of aromatic nitrogens is 2. The first-order valence-corrected chi connectivity index (χ1v) is 14.1. The lowest BCUT2D eigenvalue weighted by Crippen LogP contribution is -2.49. The molecule has 9 nitrogen and oxygen atoms in total. The maximum Gasteiger partial charge on any atom is 0.421 e. The molecular weight excluding hydrogens is 564 g/mol. The minimum absolute atomic E-state index is 0.160. The number of piperazine rings is 1. The third-order valence-electron chi connectivity index (χ3n) is 6.76. The zero-order valence-electron chi connectivity index (χ0n) is 23.0. The molecule has 2 aromatic rings. The van der Waals surface area contributed by atoms with E-state index in [1.807, 2.05) is 17.9 Å². The number of carbonyl (C=O) groups is 1. The van der Waals surface area contributed by atoms with Crippen molar-refractivity contribution >= 4 is 28.3 Å². The molecule has 41 heavy (non-hydrogen) atoms. The van der Waals surface area contributed by atoms with E-state index in [0.29, 0.717) is 57.3 Å². The number of carbonyl (C=O) groups excluding carboxylic acids is 1. The number of nitrogens with one attached hydrogen (secondary N) is 1. The summed E-state index contributed by atoms with van der Waals surface area (Å²) in [6, 6.07) is 0.935. The van der Waals surface area contributed by atoms with Gasteiger partial charge >= 0.3 is 12.1 Å². The first kappa shape index (κ1) is 30.4. The first-order valence-electron chi connectivity index (χ1n) is 13.3. The largest absolute Gasteiger partial charge is 0.481 e. The van der Waals surface area contributed by atoms with Crippen molar-refractivity contribution < 1.29 is 31.8 Å². The van der Waals surface area contributed by atoms with Gasteiger partial charge < -0.3 is 19.7 Å². The van der Waals surface area contributed by atoms with Crippen LogP contribution in [0.4, 0.5) is 22.7 Å². The van der Waals surface area contributed by atoms with Gasteiger partial charge in [-0.15, -0.1) is 11.3 Å². The zero-order valence-corrected chi connectivity index (χ0v) is 23.8. The fraction of sp³-hybridized carbons (Fsp3) is 0.481. The highest BCUT2D eigenvalue weighted by molar-refractivity contribution is 7.14. The van der Waals surface area contributed by atoms with E-state index < -0.39 is 23.4 Å². The molecule has 2 aliphatic rings. The van der Waals surface area contributed by atoms with Crippen LogP contribution in [0.3, 0.4) is 0 Å². The highest BCUT2D eigenvalue weighted by Crippen LogP contribution is 2.38. The molecule has 0 amide bonds. The Kier molecular flexibility index (Phi) is 9.97. The number of ether oxygens (including phenoxy) is 2. The fourth-order valence-electron chi connectivity index (χ4n) is 4.56. The number of thiazole rings is 1. The summed E-state index contributed by atoms with van der Waals surface area (Å²) in [5.41, 5.74) is -0.290. The number of esters is 1. The molecule has 0 aliphatic carbocycles. The van der Waals surface area contributed by atoms with E-state index in [9.17, 15) is 18.0 Å². The molecule has 1 atom stereocenters. The lowest BCUT2D eigenvalue weighted by molar-refractivity contribution is -0.143. The summed E-state index contributed by atoms with van der Waals surface area (Å²) in [5.74, 6) is -1.38. The van der Waals surface area contributed by atoms with Gasteiger partial charge in [-0.05, 0) is 19.4 Å². The van der Waals surface area contributed by atoms with Crippen molar-refractivity contribution in [3.05, 3.63) is 47.0 Å². The third kappa shape index (κ3) is 7.41. The zero-order chi connectivity index (χ0) is 29.6. The van der Waals surface area contributed by atoms with Gasteiger partial charge in [-0.25, -0.2) is 19.4 Å². The summed E-state index contributed by atoms with van der Waals surface area (Å²) < 4.78 is 66.3. The van der Waals surface area contributed by atoms with Crippen LogP contribution in [0, 0.1) is 5.92 Å². The predicted molar refractivity (Wildman–Crippen MR) is 148 cm³/mol. The highest BCUT2D eigenvalue weighted by Gasteiger charge is 2.36. The molecule has 4 heterocycles. The minimum Gasteiger partial charge on any atom is -0.481 e. The number of alkyl halides is 3. The molecule has 1 fully saturated rings. The normalized spacial score (nSPS) is 18.3. The van der Waals surface area contributed by atoms with Gasteiger partial charge in [0.1, 0.15) is 5.56 Å². The summed E-state index contributed by atoms with van der Waals surface area (Å²) in [4.78, 5) is 28.3. The van der Waals surface area contributed by atoms with Crippen molar-refractivity contribution in [1.29, 1.82) is 0 Å². The van der Waals surface area contributed by atoms with E-state index in [-0.39, 0.29) is 34.7 Å². The van der Waals surface area contributed by atoms with E-state index in [1.165, 1.54) is 6.20 Å². The Balaban J connectivity index is 1.50. The van der Waals surface area contributed by atoms with Gasteiger partial charge in [0.2, 0.25) is 5.88 Å². The average molecular weight is 597 g/mol. The van der Waals surface area contributed by atoms with E-state index in [4.69, 9.17) is 9.47 Å². The van der Waals surface area contributed by atoms with Gasteiger partial charge in [0.05, 0.1) is 31.5 Å². The van der Waals surface area contributed by atoms with Crippen LogP contribution < -0.4 is 10.1 Å². The van der Waals surface area contributed by atoms with Crippen LogP contribution in [0.5, 0.6) is 5.88 Å². The van der Waals surface area contributed by atoms with Gasteiger partial charge in [-0.1, -0.05) is 13.0 Å². The maximum absolute atomic E-state index is 16.1. The van der Waals surface area contributed by atoms with E-state index in [2.05, 4.69) is 25.2 Å². The van der Waals surface area contributed by atoms with Crippen LogP contribution in [0.25, 0.3) is 11.3 Å². The molecule has 1 N–H and O–H groups in total. The molecule has 1 unspecified atom stereocenters. The Morgan fingerprint density at radius 1 is 1.22 bits per heavy atom. The number of nitrogens with zero attached hydrogens (tertiary/aromatic N) is 5. The number of rotatable bonds is 9. The van der Waals surface area contributed by atoms with Crippen molar-refractivity contribution in [2.75, 3.05) is 51.8 Å². The van der Waals surface area contributed by atoms with Crippen LogP contribution in [0.1, 0.15) is 32.3 Å². The van der Waals surface area contributed by atoms with Crippen molar-refractivity contribution in [3.63, 3.8) is 0 Å². The van der Waals surface area contributed by atoms with E-state index in [0.717, 1.165) is 24.5 Å². The second-order valence-electron chi connectivity index (χ2n) is 9.36. The summed E-state index contributed by atoms with van der Waals surface area (Å²) >= 11 is 1.15. The van der Waals surface area contributed by atoms with Crippen LogP contribution in [0.2, 0.25) is 0 Å². The number of halogens is 4. The molecule has 0 radical (unpaired) electrons. The monoisotopic (exact) mass is 596 g/mol. The number of anilines is 1. The van der Waals surface area contributed by atoms with Crippen molar-refractivity contribution in [3.8, 4) is 17.1 Å². The maximum atomic E-state index is 16.1. The molecule has 222 valence electrons. The van der Waals surface area contributed by atoms with Gasteiger partial charge in [0.15, 0.2) is 16.8 Å². The Labute approximate surface area is 239 Å². The third-order valence-corrected chi connectivity index (χ3v) is 7.52. The number of hydrogen-bond acceptors (Lipinski definition) is 10. The molecule has 0 spiro atoms. The lowest BCUT2D eigenvalue weighted by atomic mass is 10.0. The minimum atomic E-state index is -4.65. The van der Waals surface area contributed by atoms with Crippen molar-refractivity contribution in [2.45, 2.75) is 32.9 Å². The number of hydrogen-bond donors (Lipinski definition) is 1. The van der Waals surface area contributed by atoms with Crippen molar-refractivity contribution in [1.82, 2.24) is 19.8 Å². The average Bonchev–Trinajstić information content (AvgIpc) is 3.37. The molecule has 1 saturated heterocycles. The number of aliphatic imine (C=N–C) groups is 1. The molecule has 14 heteroatoms. The molecule has 0 aromatic carbocycles. The smallest absolute Gasteiger partial charge is 0.421 e. The Morgan fingerprint density at radius 3 is 2.63 bits per heavy atom. The molecule has 0 saturated carbocycles. The topological polar surface area (TPSA) is 92.2 Å². The van der Waals surface area contributed by atoms with Gasteiger partial charge in [0, 0.05) is 62.0 Å². The van der Waals surface area contributed by atoms with Crippen LogP contribution in [-0.4, -0.2) is 78.0 Å². The Morgan fingerprint density at radius 2 is 1.98 bits per heavy atom. The quantitative estimate of drug-likeness (QED) is 0.306. The van der Waals surface area contributed by atoms with Crippen LogP contribution in [-0.2, 0) is 15.7 Å². The molecule has 4 rings (SSSR count). The van der Waals surface area contributed by atoms with Crippen molar-refractivity contribution in [2.24, 2.45) is 10.9 Å². The molecule has 2 aliphatic heterocycles.